The molecule has 0 aromatic carbocycles. The molecule has 0 amide bonds. The van der Waals surface area contributed by atoms with Gasteiger partial charge in [0, 0.05) is 53.0 Å². The van der Waals surface area contributed by atoms with Gasteiger partial charge in [0.2, 0.25) is 0 Å². The zero-order valence-electron chi connectivity index (χ0n) is 17.5. The Balaban J connectivity index is 4.50. The van der Waals surface area contributed by atoms with Crippen molar-refractivity contribution in [2.24, 2.45) is 0 Å². The van der Waals surface area contributed by atoms with Gasteiger partial charge in [-0.05, 0) is 20.8 Å². The molecule has 0 radical (unpaired) electrons. The third-order valence-electron chi connectivity index (χ3n) is 3.98. The minimum Gasteiger partial charge on any atom is -0.466 e. The van der Waals surface area contributed by atoms with E-state index in [0.29, 0.717) is 59.0 Å². The quantitative estimate of drug-likeness (QED) is 0.255. The first-order chi connectivity index (χ1) is 13.1. The second-order valence-electron chi connectivity index (χ2n) is 5.98. The highest BCUT2D eigenvalue weighted by atomic mass is 16.5. The molecule has 0 saturated heterocycles. The van der Waals surface area contributed by atoms with Crippen LogP contribution in [0, 0.1) is 0 Å². The SMILES string of the molecule is CCOCCN(CCC(=O)OCC)CCN(CCOC)CCC(=O)OCC. The maximum Gasteiger partial charge on any atom is 0.307 e. The molecule has 0 aliphatic rings. The minimum atomic E-state index is -0.185. The molecule has 8 heteroatoms. The topological polar surface area (TPSA) is 77.5 Å². The van der Waals surface area contributed by atoms with Gasteiger partial charge < -0.3 is 18.9 Å². The Hall–Kier alpha value is -1.22. The van der Waals surface area contributed by atoms with E-state index >= 15 is 0 Å². The van der Waals surface area contributed by atoms with Crippen LogP contribution in [0.4, 0.5) is 0 Å². The summed E-state index contributed by atoms with van der Waals surface area (Å²) in [6.45, 7) is 12.6. The molecule has 0 aromatic rings. The van der Waals surface area contributed by atoms with Gasteiger partial charge in [0.1, 0.15) is 0 Å². The highest BCUT2D eigenvalue weighted by Gasteiger charge is 2.13. The van der Waals surface area contributed by atoms with E-state index in [4.69, 9.17) is 18.9 Å². The lowest BCUT2D eigenvalue weighted by Gasteiger charge is -2.27. The molecular formula is C19H38N2O6. The van der Waals surface area contributed by atoms with Crippen molar-refractivity contribution >= 4 is 11.9 Å². The van der Waals surface area contributed by atoms with Crippen LogP contribution in [-0.4, -0.2) is 101 Å². The molecule has 27 heavy (non-hydrogen) atoms. The Morgan fingerprint density at radius 3 is 1.56 bits per heavy atom. The van der Waals surface area contributed by atoms with Crippen molar-refractivity contribution in [1.82, 2.24) is 9.80 Å². The number of carbonyl (C=O) groups is 2. The molecule has 0 aliphatic heterocycles. The Kier molecular flexibility index (Phi) is 17.3. The normalized spacial score (nSPS) is 11.2. The number of nitrogens with zero attached hydrogens (tertiary/aromatic N) is 2. The van der Waals surface area contributed by atoms with Crippen LogP contribution in [0.5, 0.6) is 0 Å². The van der Waals surface area contributed by atoms with E-state index in [0.717, 1.165) is 26.2 Å². The van der Waals surface area contributed by atoms with Crippen molar-refractivity contribution in [2.45, 2.75) is 33.6 Å². The van der Waals surface area contributed by atoms with Gasteiger partial charge >= 0.3 is 11.9 Å². The lowest BCUT2D eigenvalue weighted by Crippen LogP contribution is -2.40. The Bertz CT molecular complexity index is 381. The highest BCUT2D eigenvalue weighted by Crippen LogP contribution is 2.00. The largest absolute Gasteiger partial charge is 0.466 e. The summed E-state index contributed by atoms with van der Waals surface area (Å²) in [6, 6.07) is 0. The number of carbonyl (C=O) groups excluding carboxylic acids is 2. The first-order valence-electron chi connectivity index (χ1n) is 9.89. The van der Waals surface area contributed by atoms with Crippen molar-refractivity contribution < 1.29 is 28.5 Å². The van der Waals surface area contributed by atoms with Gasteiger partial charge in [0.25, 0.3) is 0 Å². The molecule has 0 rings (SSSR count). The lowest BCUT2D eigenvalue weighted by atomic mass is 10.3. The van der Waals surface area contributed by atoms with E-state index in [-0.39, 0.29) is 11.9 Å². The average molecular weight is 391 g/mol. The molecular weight excluding hydrogens is 352 g/mol. The van der Waals surface area contributed by atoms with Gasteiger partial charge in [0.15, 0.2) is 0 Å². The highest BCUT2D eigenvalue weighted by molar-refractivity contribution is 5.69. The summed E-state index contributed by atoms with van der Waals surface area (Å²) in [5.74, 6) is -0.368. The van der Waals surface area contributed by atoms with Crippen LogP contribution in [0.15, 0.2) is 0 Å². The Morgan fingerprint density at radius 1 is 0.667 bits per heavy atom. The predicted molar refractivity (Wildman–Crippen MR) is 104 cm³/mol. The number of ether oxygens (including phenoxy) is 4. The fourth-order valence-electron chi connectivity index (χ4n) is 2.48. The standard InChI is InChI=1S/C19H38N2O6/c1-5-25-17-15-21(11-9-19(23)27-7-3)13-12-20(14-16-24-4)10-8-18(22)26-6-2/h5-17H2,1-4H3. The van der Waals surface area contributed by atoms with Crippen molar-refractivity contribution in [3.8, 4) is 0 Å². The molecule has 0 fully saturated rings. The third-order valence-corrected chi connectivity index (χ3v) is 3.98. The van der Waals surface area contributed by atoms with Gasteiger partial charge in [-0.3, -0.25) is 19.4 Å². The Labute approximate surface area is 164 Å². The summed E-state index contributed by atoms with van der Waals surface area (Å²) in [7, 11) is 1.66. The molecule has 0 heterocycles. The summed E-state index contributed by atoms with van der Waals surface area (Å²) in [6.07, 6.45) is 0.722. The van der Waals surface area contributed by atoms with Crippen LogP contribution in [0.3, 0.4) is 0 Å². The van der Waals surface area contributed by atoms with Crippen molar-refractivity contribution in [1.29, 1.82) is 0 Å². The fourth-order valence-corrected chi connectivity index (χ4v) is 2.48. The number of hydrogen-bond donors (Lipinski definition) is 0. The second kappa shape index (κ2) is 18.2. The van der Waals surface area contributed by atoms with Crippen LogP contribution in [0.25, 0.3) is 0 Å². The van der Waals surface area contributed by atoms with Crippen molar-refractivity contribution in [3.63, 3.8) is 0 Å². The predicted octanol–water partition coefficient (Wildman–Crippen LogP) is 1.18. The number of methoxy groups -OCH3 is 1. The van der Waals surface area contributed by atoms with E-state index in [1.54, 1.807) is 14.0 Å². The van der Waals surface area contributed by atoms with Gasteiger partial charge in [-0.25, -0.2) is 0 Å². The van der Waals surface area contributed by atoms with Gasteiger partial charge in [-0.1, -0.05) is 0 Å². The molecule has 0 aromatic heterocycles. The third kappa shape index (κ3) is 15.5. The lowest BCUT2D eigenvalue weighted by molar-refractivity contribution is -0.144. The van der Waals surface area contributed by atoms with Crippen LogP contribution < -0.4 is 0 Å². The van der Waals surface area contributed by atoms with E-state index in [1.807, 2.05) is 13.8 Å². The molecule has 160 valence electrons. The molecule has 0 aliphatic carbocycles. The van der Waals surface area contributed by atoms with E-state index in [9.17, 15) is 9.59 Å². The van der Waals surface area contributed by atoms with Gasteiger partial charge in [-0.2, -0.15) is 0 Å². The molecule has 0 atom stereocenters. The first kappa shape index (κ1) is 25.8. The van der Waals surface area contributed by atoms with Crippen LogP contribution in [0.2, 0.25) is 0 Å². The number of rotatable bonds is 18. The molecule has 0 unspecified atom stereocenters. The maximum atomic E-state index is 11.6. The van der Waals surface area contributed by atoms with Gasteiger partial charge in [0.05, 0.1) is 39.3 Å². The van der Waals surface area contributed by atoms with Crippen molar-refractivity contribution in [2.75, 3.05) is 79.4 Å². The maximum absolute atomic E-state index is 11.6. The molecule has 0 N–H and O–H groups in total. The van der Waals surface area contributed by atoms with Crippen molar-refractivity contribution in [3.05, 3.63) is 0 Å². The Morgan fingerprint density at radius 2 is 1.15 bits per heavy atom. The zero-order valence-corrected chi connectivity index (χ0v) is 17.5. The number of esters is 2. The summed E-state index contributed by atoms with van der Waals surface area (Å²) in [5.41, 5.74) is 0. The minimum absolute atomic E-state index is 0.183. The monoisotopic (exact) mass is 390 g/mol. The summed E-state index contributed by atoms with van der Waals surface area (Å²) in [4.78, 5) is 27.6. The smallest absolute Gasteiger partial charge is 0.307 e. The van der Waals surface area contributed by atoms with E-state index in [2.05, 4.69) is 9.80 Å². The molecule has 0 spiro atoms. The van der Waals surface area contributed by atoms with Crippen LogP contribution in [-0.2, 0) is 28.5 Å². The van der Waals surface area contributed by atoms with Gasteiger partial charge in [-0.15, -0.1) is 0 Å². The van der Waals surface area contributed by atoms with E-state index in [1.165, 1.54) is 0 Å². The van der Waals surface area contributed by atoms with Crippen LogP contribution in [0.1, 0.15) is 33.6 Å². The average Bonchev–Trinajstić information content (AvgIpc) is 2.65. The summed E-state index contributed by atoms with van der Waals surface area (Å²) >= 11 is 0. The molecule has 0 bridgehead atoms. The molecule has 8 nitrogen and oxygen atoms in total. The second-order valence-corrected chi connectivity index (χ2v) is 5.98. The fraction of sp³-hybridized carbons (Fsp3) is 0.895. The molecule has 0 saturated carbocycles. The van der Waals surface area contributed by atoms with E-state index < -0.39 is 0 Å². The number of hydrogen-bond acceptors (Lipinski definition) is 8. The summed E-state index contributed by atoms with van der Waals surface area (Å²) in [5, 5.41) is 0. The van der Waals surface area contributed by atoms with Crippen LogP contribution >= 0.6 is 0 Å². The zero-order chi connectivity index (χ0) is 20.3. The summed E-state index contributed by atoms with van der Waals surface area (Å²) < 4.78 is 20.6. The first-order valence-corrected chi connectivity index (χ1v) is 9.89.